The number of nitrogens with zero attached hydrogens (tertiary/aromatic N) is 1. The minimum absolute atomic E-state index is 0.802. The zero-order valence-electron chi connectivity index (χ0n) is 6.68. The van der Waals surface area contributed by atoms with Gasteiger partial charge in [0.15, 0.2) is 0 Å². The van der Waals surface area contributed by atoms with E-state index in [1.165, 1.54) is 19.3 Å². The van der Waals surface area contributed by atoms with Gasteiger partial charge in [0.2, 0.25) is 6.41 Å². The lowest BCUT2D eigenvalue weighted by atomic mass is 10.2. The summed E-state index contributed by atoms with van der Waals surface area (Å²) >= 11 is 0. The first-order chi connectivity index (χ1) is 5.43. The van der Waals surface area contributed by atoms with Crippen LogP contribution in [-0.4, -0.2) is 24.5 Å². The lowest BCUT2D eigenvalue weighted by Gasteiger charge is -2.16. The predicted molar refractivity (Wildman–Crippen MR) is 42.4 cm³/mol. The maximum absolute atomic E-state index is 10.4. The van der Waals surface area contributed by atoms with Crippen LogP contribution < -0.4 is 11.0 Å². The van der Waals surface area contributed by atoms with Crippen LogP contribution in [0.1, 0.15) is 25.7 Å². The Labute approximate surface area is 66.9 Å². The van der Waals surface area contributed by atoms with Gasteiger partial charge in [0, 0.05) is 13.1 Å². The molecule has 11 heavy (non-hydrogen) atoms. The van der Waals surface area contributed by atoms with Gasteiger partial charge in [0.25, 0.3) is 0 Å². The Morgan fingerprint density at radius 2 is 2.00 bits per heavy atom. The van der Waals surface area contributed by atoms with Crippen LogP contribution in [0, 0.1) is 0 Å². The number of carbonyl (C=O) groups is 1. The molecule has 0 aliphatic carbocycles. The molecule has 4 heteroatoms. The van der Waals surface area contributed by atoms with Crippen molar-refractivity contribution in [3.8, 4) is 0 Å². The molecule has 1 saturated heterocycles. The molecule has 0 spiro atoms. The highest BCUT2D eigenvalue weighted by molar-refractivity contribution is 5.45. The van der Waals surface area contributed by atoms with Crippen molar-refractivity contribution >= 4 is 6.41 Å². The van der Waals surface area contributed by atoms with Crippen molar-refractivity contribution in [2.24, 2.45) is 0 Å². The smallest absolute Gasteiger partial charge is 0.224 e. The topological polar surface area (TPSA) is 44.4 Å². The van der Waals surface area contributed by atoms with Crippen LogP contribution >= 0.6 is 0 Å². The van der Waals surface area contributed by atoms with Crippen LogP contribution in [-0.2, 0) is 4.79 Å². The summed E-state index contributed by atoms with van der Waals surface area (Å²) in [5.74, 6) is 0. The van der Waals surface area contributed by atoms with Gasteiger partial charge < -0.3 is 0 Å². The molecule has 0 aromatic rings. The molecule has 0 atom stereocenters. The van der Waals surface area contributed by atoms with E-state index < -0.39 is 0 Å². The van der Waals surface area contributed by atoms with E-state index in [1.54, 1.807) is 5.01 Å². The highest BCUT2D eigenvalue weighted by Crippen LogP contribution is 2.00. The van der Waals surface area contributed by atoms with Crippen LogP contribution in [0.5, 0.6) is 0 Å². The van der Waals surface area contributed by atoms with Crippen molar-refractivity contribution < 1.29 is 4.79 Å². The summed E-state index contributed by atoms with van der Waals surface area (Å²) in [6.07, 6.45) is 5.56. The van der Waals surface area contributed by atoms with Gasteiger partial charge in [-0.2, -0.15) is 5.53 Å². The third-order valence-electron chi connectivity index (χ3n) is 1.80. The average molecular weight is 157 g/mol. The number of nitrogens with one attached hydrogen (secondary N) is 2. The Bertz CT molecular complexity index is 108. The minimum atomic E-state index is 0.802. The van der Waals surface area contributed by atoms with Crippen molar-refractivity contribution in [2.45, 2.75) is 25.7 Å². The standard InChI is InChI=1S/C7H15N3O/c11-7-10-6-4-2-1-3-5-8-9-10/h7-9H,1-6H2. The lowest BCUT2D eigenvalue weighted by molar-refractivity contribution is -0.121. The van der Waals surface area contributed by atoms with Crippen molar-refractivity contribution in [2.75, 3.05) is 13.1 Å². The molecule has 0 bridgehead atoms. The number of rotatable bonds is 1. The van der Waals surface area contributed by atoms with E-state index in [0.717, 1.165) is 25.9 Å². The third kappa shape index (κ3) is 3.34. The molecule has 1 heterocycles. The summed E-state index contributed by atoms with van der Waals surface area (Å²) in [6.45, 7) is 1.74. The first kappa shape index (κ1) is 8.49. The normalized spacial score (nSPS) is 21.6. The summed E-state index contributed by atoms with van der Waals surface area (Å²) in [5, 5.41) is 1.55. The predicted octanol–water partition coefficient (Wildman–Crippen LogP) is 0.0280. The molecule has 0 unspecified atom stereocenters. The van der Waals surface area contributed by atoms with Crippen LogP contribution in [0.4, 0.5) is 0 Å². The van der Waals surface area contributed by atoms with E-state index in [1.807, 2.05) is 0 Å². The molecule has 4 nitrogen and oxygen atoms in total. The van der Waals surface area contributed by atoms with Crippen molar-refractivity contribution in [1.82, 2.24) is 16.0 Å². The van der Waals surface area contributed by atoms with Gasteiger partial charge in [-0.25, -0.2) is 5.43 Å². The maximum atomic E-state index is 10.4. The fraction of sp³-hybridized carbons (Fsp3) is 0.857. The Hall–Kier alpha value is -0.610. The van der Waals surface area contributed by atoms with Gasteiger partial charge in [0.05, 0.1) is 0 Å². The molecular formula is C7H15N3O. The van der Waals surface area contributed by atoms with E-state index in [9.17, 15) is 4.79 Å². The Morgan fingerprint density at radius 3 is 2.82 bits per heavy atom. The second-order valence-corrected chi connectivity index (χ2v) is 2.75. The number of hydrazine groups is 2. The molecule has 0 aromatic carbocycles. The lowest BCUT2D eigenvalue weighted by Crippen LogP contribution is -2.46. The zero-order chi connectivity index (χ0) is 7.94. The maximum Gasteiger partial charge on any atom is 0.224 e. The zero-order valence-corrected chi connectivity index (χ0v) is 6.68. The average Bonchev–Trinajstić information content (AvgIpc) is 2.16. The number of hydrogen-bond donors (Lipinski definition) is 2. The Morgan fingerprint density at radius 1 is 1.18 bits per heavy atom. The molecule has 1 aliphatic heterocycles. The summed E-state index contributed by atoms with van der Waals surface area (Å²) < 4.78 is 0. The third-order valence-corrected chi connectivity index (χ3v) is 1.80. The van der Waals surface area contributed by atoms with Crippen LogP contribution in [0.3, 0.4) is 0 Å². The molecule has 0 aromatic heterocycles. The number of carbonyl (C=O) groups excluding carboxylic acids is 1. The molecule has 1 amide bonds. The van der Waals surface area contributed by atoms with E-state index in [0.29, 0.717) is 0 Å². The second-order valence-electron chi connectivity index (χ2n) is 2.75. The van der Waals surface area contributed by atoms with Crippen LogP contribution in [0.2, 0.25) is 0 Å². The molecule has 1 fully saturated rings. The van der Waals surface area contributed by atoms with Crippen LogP contribution in [0.15, 0.2) is 0 Å². The fourth-order valence-corrected chi connectivity index (χ4v) is 1.14. The van der Waals surface area contributed by atoms with Gasteiger partial charge in [0.1, 0.15) is 0 Å². The van der Waals surface area contributed by atoms with Gasteiger partial charge >= 0.3 is 0 Å². The molecule has 1 aliphatic rings. The molecule has 64 valence electrons. The van der Waals surface area contributed by atoms with Crippen LogP contribution in [0.25, 0.3) is 0 Å². The summed E-state index contributed by atoms with van der Waals surface area (Å²) in [6, 6.07) is 0. The van der Waals surface area contributed by atoms with Crippen molar-refractivity contribution in [3.05, 3.63) is 0 Å². The highest BCUT2D eigenvalue weighted by atomic mass is 16.1. The highest BCUT2D eigenvalue weighted by Gasteiger charge is 2.01. The summed E-state index contributed by atoms with van der Waals surface area (Å²) in [5.41, 5.74) is 5.80. The molecule has 0 saturated carbocycles. The van der Waals surface area contributed by atoms with Gasteiger partial charge in [-0.05, 0) is 12.8 Å². The van der Waals surface area contributed by atoms with Crippen molar-refractivity contribution in [3.63, 3.8) is 0 Å². The number of hydrogen-bond acceptors (Lipinski definition) is 3. The van der Waals surface area contributed by atoms with E-state index in [2.05, 4.69) is 11.0 Å². The molecule has 0 radical (unpaired) electrons. The second kappa shape index (κ2) is 5.09. The summed E-state index contributed by atoms with van der Waals surface area (Å²) in [7, 11) is 0. The Kier molecular flexibility index (Phi) is 3.93. The quantitative estimate of drug-likeness (QED) is 0.528. The van der Waals surface area contributed by atoms with Gasteiger partial charge in [-0.3, -0.25) is 9.80 Å². The first-order valence-corrected chi connectivity index (χ1v) is 4.14. The molecular weight excluding hydrogens is 142 g/mol. The van der Waals surface area contributed by atoms with Crippen molar-refractivity contribution in [1.29, 1.82) is 0 Å². The number of amides is 1. The summed E-state index contributed by atoms with van der Waals surface area (Å²) in [4.78, 5) is 10.4. The SMILES string of the molecule is O=CN1CCCCCCNN1. The minimum Gasteiger partial charge on any atom is -0.277 e. The largest absolute Gasteiger partial charge is 0.277 e. The molecule has 1 rings (SSSR count). The van der Waals surface area contributed by atoms with E-state index in [4.69, 9.17) is 0 Å². The van der Waals surface area contributed by atoms with Gasteiger partial charge in [-0.15, -0.1) is 0 Å². The van der Waals surface area contributed by atoms with E-state index >= 15 is 0 Å². The Balaban J connectivity index is 2.24. The monoisotopic (exact) mass is 157 g/mol. The molecule has 2 N–H and O–H groups in total. The van der Waals surface area contributed by atoms with Gasteiger partial charge in [-0.1, -0.05) is 12.8 Å². The van der Waals surface area contributed by atoms with E-state index in [-0.39, 0.29) is 0 Å². The first-order valence-electron chi connectivity index (χ1n) is 4.14. The fourth-order valence-electron chi connectivity index (χ4n) is 1.14.